The third kappa shape index (κ3) is 5.17. The predicted molar refractivity (Wildman–Crippen MR) is 82.3 cm³/mol. The molecule has 0 saturated heterocycles. The number of methoxy groups -OCH3 is 1. The summed E-state index contributed by atoms with van der Waals surface area (Å²) in [6.45, 7) is 9.42. The Morgan fingerprint density at radius 2 is 2.00 bits per heavy atom. The van der Waals surface area contributed by atoms with Crippen LogP contribution in [0.2, 0.25) is 0 Å². The number of hydrogen-bond acceptors (Lipinski definition) is 3. The molecule has 3 heteroatoms. The van der Waals surface area contributed by atoms with Gasteiger partial charge in [0.2, 0.25) is 0 Å². The lowest BCUT2D eigenvalue weighted by molar-refractivity contribution is -0.147. The number of rotatable bonds is 8. The molecule has 110 valence electrons. The molecule has 3 nitrogen and oxygen atoms in total. The molecular formula is C17H25NO2. The van der Waals surface area contributed by atoms with E-state index in [1.807, 2.05) is 24.3 Å². The third-order valence-electron chi connectivity index (χ3n) is 3.20. The Labute approximate surface area is 122 Å². The van der Waals surface area contributed by atoms with E-state index in [-0.39, 0.29) is 12.0 Å². The van der Waals surface area contributed by atoms with Crippen LogP contribution in [0.4, 0.5) is 0 Å². The summed E-state index contributed by atoms with van der Waals surface area (Å²) in [7, 11) is 1.45. The molecule has 0 amide bonds. The van der Waals surface area contributed by atoms with Crippen LogP contribution in [0.1, 0.15) is 25.8 Å². The Kier molecular flexibility index (Phi) is 7.02. The van der Waals surface area contributed by atoms with Crippen LogP contribution < -0.4 is 0 Å². The van der Waals surface area contributed by atoms with Crippen molar-refractivity contribution in [1.29, 1.82) is 0 Å². The highest BCUT2D eigenvalue weighted by molar-refractivity contribution is 5.75. The first-order chi connectivity index (χ1) is 9.58. The highest BCUT2D eigenvalue weighted by Gasteiger charge is 2.26. The summed E-state index contributed by atoms with van der Waals surface area (Å²) < 4.78 is 4.96. The molecule has 1 aromatic rings. The Morgan fingerprint density at radius 1 is 1.35 bits per heavy atom. The lowest BCUT2D eigenvalue weighted by Gasteiger charge is -2.30. The van der Waals surface area contributed by atoms with E-state index >= 15 is 0 Å². The summed E-state index contributed by atoms with van der Waals surface area (Å²) in [5.41, 5.74) is 1.19. The standard InChI is InChI=1S/C17H25NO2/c1-5-11-18(13-15-9-7-6-8-10-15)16(12-14(2)3)17(19)20-4/h5-10,14,16H,1,11-13H2,2-4H3/t16-/m0/s1. The molecule has 0 fully saturated rings. The van der Waals surface area contributed by atoms with E-state index < -0.39 is 0 Å². The summed E-state index contributed by atoms with van der Waals surface area (Å²) in [5.74, 6) is 0.263. The monoisotopic (exact) mass is 275 g/mol. The summed E-state index contributed by atoms with van der Waals surface area (Å²) >= 11 is 0. The predicted octanol–water partition coefficient (Wildman–Crippen LogP) is 3.26. The maximum atomic E-state index is 12.1. The van der Waals surface area contributed by atoms with Crippen molar-refractivity contribution in [3.05, 3.63) is 48.6 Å². The van der Waals surface area contributed by atoms with Crippen LogP contribution in [0.3, 0.4) is 0 Å². The van der Waals surface area contributed by atoms with Gasteiger partial charge < -0.3 is 4.74 Å². The van der Waals surface area contributed by atoms with Crippen LogP contribution in [-0.4, -0.2) is 30.6 Å². The van der Waals surface area contributed by atoms with Crippen molar-refractivity contribution < 1.29 is 9.53 Å². The molecule has 0 saturated carbocycles. The number of nitrogens with zero attached hydrogens (tertiary/aromatic N) is 1. The maximum Gasteiger partial charge on any atom is 0.323 e. The Bertz CT molecular complexity index is 414. The van der Waals surface area contributed by atoms with E-state index in [0.29, 0.717) is 12.5 Å². The molecule has 0 heterocycles. The van der Waals surface area contributed by atoms with Crippen LogP contribution in [0.15, 0.2) is 43.0 Å². The Morgan fingerprint density at radius 3 is 2.50 bits per heavy atom. The number of esters is 1. The zero-order chi connectivity index (χ0) is 15.0. The van der Waals surface area contributed by atoms with Crippen molar-refractivity contribution in [2.75, 3.05) is 13.7 Å². The average molecular weight is 275 g/mol. The molecule has 0 aliphatic carbocycles. The van der Waals surface area contributed by atoms with E-state index in [1.165, 1.54) is 12.7 Å². The minimum Gasteiger partial charge on any atom is -0.468 e. The van der Waals surface area contributed by atoms with E-state index in [1.54, 1.807) is 0 Å². The normalized spacial score (nSPS) is 12.4. The quantitative estimate of drug-likeness (QED) is 0.539. The van der Waals surface area contributed by atoms with Gasteiger partial charge in [-0.2, -0.15) is 0 Å². The van der Waals surface area contributed by atoms with E-state index in [2.05, 4.69) is 37.5 Å². The molecule has 1 atom stereocenters. The summed E-state index contributed by atoms with van der Waals surface area (Å²) in [5, 5.41) is 0. The fraction of sp³-hybridized carbons (Fsp3) is 0.471. The van der Waals surface area contributed by atoms with Crippen LogP contribution in [0.25, 0.3) is 0 Å². The van der Waals surface area contributed by atoms with E-state index in [0.717, 1.165) is 13.0 Å². The van der Waals surface area contributed by atoms with Gasteiger partial charge in [-0.25, -0.2) is 0 Å². The zero-order valence-corrected chi connectivity index (χ0v) is 12.7. The van der Waals surface area contributed by atoms with Crippen molar-refractivity contribution in [2.24, 2.45) is 5.92 Å². The molecule has 0 aliphatic rings. The SMILES string of the molecule is C=CCN(Cc1ccccc1)[C@@H](CC(C)C)C(=O)OC. The van der Waals surface area contributed by atoms with Gasteiger partial charge in [0.1, 0.15) is 6.04 Å². The molecule has 1 rings (SSSR count). The first-order valence-electron chi connectivity index (χ1n) is 7.05. The lowest BCUT2D eigenvalue weighted by atomic mass is 10.0. The van der Waals surface area contributed by atoms with Gasteiger partial charge in [0, 0.05) is 13.1 Å². The summed E-state index contributed by atoms with van der Waals surface area (Å²) in [4.78, 5) is 14.2. The number of hydrogen-bond donors (Lipinski definition) is 0. The number of benzene rings is 1. The fourth-order valence-electron chi connectivity index (χ4n) is 2.26. The topological polar surface area (TPSA) is 29.5 Å². The van der Waals surface area contributed by atoms with Gasteiger partial charge in [-0.05, 0) is 17.9 Å². The zero-order valence-electron chi connectivity index (χ0n) is 12.7. The van der Waals surface area contributed by atoms with Gasteiger partial charge in [0.25, 0.3) is 0 Å². The molecule has 0 radical (unpaired) electrons. The van der Waals surface area contributed by atoms with Gasteiger partial charge >= 0.3 is 5.97 Å². The lowest BCUT2D eigenvalue weighted by Crippen LogP contribution is -2.42. The average Bonchev–Trinajstić information content (AvgIpc) is 2.44. The fourth-order valence-corrected chi connectivity index (χ4v) is 2.26. The minimum atomic E-state index is -0.224. The van der Waals surface area contributed by atoms with Gasteiger partial charge in [0.15, 0.2) is 0 Å². The smallest absolute Gasteiger partial charge is 0.323 e. The van der Waals surface area contributed by atoms with Crippen molar-refractivity contribution in [3.8, 4) is 0 Å². The molecule has 1 aromatic carbocycles. The van der Waals surface area contributed by atoms with E-state index in [4.69, 9.17) is 4.74 Å². The highest BCUT2D eigenvalue weighted by Crippen LogP contribution is 2.16. The first kappa shape index (κ1) is 16.4. The Hall–Kier alpha value is -1.61. The Balaban J connectivity index is 2.88. The van der Waals surface area contributed by atoms with Gasteiger partial charge in [-0.15, -0.1) is 6.58 Å². The molecule has 0 N–H and O–H groups in total. The molecule has 20 heavy (non-hydrogen) atoms. The van der Waals surface area contributed by atoms with Gasteiger partial charge in [-0.3, -0.25) is 9.69 Å². The molecule has 0 aliphatic heterocycles. The third-order valence-corrected chi connectivity index (χ3v) is 3.20. The second-order valence-corrected chi connectivity index (χ2v) is 5.37. The summed E-state index contributed by atoms with van der Waals surface area (Å²) in [6.07, 6.45) is 2.62. The second-order valence-electron chi connectivity index (χ2n) is 5.37. The van der Waals surface area contributed by atoms with Crippen LogP contribution in [-0.2, 0) is 16.1 Å². The largest absolute Gasteiger partial charge is 0.468 e. The van der Waals surface area contributed by atoms with Crippen molar-refractivity contribution in [1.82, 2.24) is 4.90 Å². The summed E-state index contributed by atoms with van der Waals surface area (Å²) in [6, 6.07) is 9.93. The molecule has 0 bridgehead atoms. The second kappa shape index (κ2) is 8.54. The highest BCUT2D eigenvalue weighted by atomic mass is 16.5. The molecule has 0 unspecified atom stereocenters. The van der Waals surface area contributed by atoms with Crippen molar-refractivity contribution in [3.63, 3.8) is 0 Å². The molecule has 0 spiro atoms. The van der Waals surface area contributed by atoms with Crippen LogP contribution in [0.5, 0.6) is 0 Å². The van der Waals surface area contributed by atoms with Crippen LogP contribution >= 0.6 is 0 Å². The maximum absolute atomic E-state index is 12.1. The first-order valence-corrected chi connectivity index (χ1v) is 7.05. The number of carbonyl (C=O) groups excluding carboxylic acids is 1. The number of ether oxygens (including phenoxy) is 1. The van der Waals surface area contributed by atoms with E-state index in [9.17, 15) is 4.79 Å². The van der Waals surface area contributed by atoms with Gasteiger partial charge in [0.05, 0.1) is 7.11 Å². The molecular weight excluding hydrogens is 250 g/mol. The number of carbonyl (C=O) groups is 1. The van der Waals surface area contributed by atoms with Crippen molar-refractivity contribution >= 4 is 5.97 Å². The molecule has 0 aromatic heterocycles. The van der Waals surface area contributed by atoms with Crippen molar-refractivity contribution in [2.45, 2.75) is 32.9 Å². The van der Waals surface area contributed by atoms with Gasteiger partial charge in [-0.1, -0.05) is 50.3 Å². The minimum absolute atomic E-state index is 0.170. The van der Waals surface area contributed by atoms with Crippen LogP contribution in [0, 0.1) is 5.92 Å².